The molecule has 0 spiro atoms. The van der Waals surface area contributed by atoms with Crippen molar-refractivity contribution in [2.45, 2.75) is 25.9 Å². The van der Waals surface area contributed by atoms with Gasteiger partial charge in [0.25, 0.3) is 6.01 Å². The Bertz CT molecular complexity index is 1430. The van der Waals surface area contributed by atoms with Crippen LogP contribution in [-0.2, 0) is 9.53 Å². The summed E-state index contributed by atoms with van der Waals surface area (Å²) in [6.45, 7) is 3.43. The monoisotopic (exact) mass is 423 g/mol. The van der Waals surface area contributed by atoms with Gasteiger partial charge in [0.05, 0.1) is 18.6 Å². The van der Waals surface area contributed by atoms with Crippen molar-refractivity contribution in [3.63, 3.8) is 0 Å². The quantitative estimate of drug-likeness (QED) is 0.480. The fourth-order valence-corrected chi connectivity index (χ4v) is 3.56. The lowest BCUT2D eigenvalue weighted by molar-refractivity contribution is -0.140. The summed E-state index contributed by atoms with van der Waals surface area (Å²) in [5.74, 6) is -0.604. The Morgan fingerprint density at radius 1 is 1.23 bits per heavy atom. The molecule has 0 radical (unpaired) electrons. The highest BCUT2D eigenvalue weighted by Crippen LogP contribution is 2.38. The Labute approximate surface area is 173 Å². The van der Waals surface area contributed by atoms with Crippen LogP contribution in [0.5, 0.6) is 0 Å². The first-order valence-corrected chi connectivity index (χ1v) is 9.46. The van der Waals surface area contributed by atoms with Crippen molar-refractivity contribution in [3.05, 3.63) is 75.3 Å². The molecule has 10 heteroatoms. The third-order valence-corrected chi connectivity index (χ3v) is 4.70. The predicted molar refractivity (Wildman–Crippen MR) is 105 cm³/mol. The van der Waals surface area contributed by atoms with Gasteiger partial charge in [-0.2, -0.15) is 4.98 Å². The number of oxazole rings is 2. The van der Waals surface area contributed by atoms with E-state index in [1.165, 1.54) is 23.2 Å². The molecule has 2 N–H and O–H groups in total. The molecule has 1 atom stereocenters. The van der Waals surface area contributed by atoms with Crippen LogP contribution in [0.4, 0.5) is 6.01 Å². The van der Waals surface area contributed by atoms with Crippen LogP contribution in [0.1, 0.15) is 37.0 Å². The number of nitrogens with zero attached hydrogens (tertiary/aromatic N) is 2. The molecule has 158 valence electrons. The van der Waals surface area contributed by atoms with E-state index in [0.717, 1.165) is 0 Å². The van der Waals surface area contributed by atoms with Crippen molar-refractivity contribution in [1.82, 2.24) is 9.55 Å². The maximum absolute atomic E-state index is 13.1. The fourth-order valence-electron chi connectivity index (χ4n) is 3.56. The number of hydrogen-bond donors (Lipinski definition) is 1. The third kappa shape index (κ3) is 3.00. The molecule has 4 aromatic heterocycles. The standard InChI is InChI=1S/C21H17N3O7/c1-10(2)29-20(26)15-14(13-6-4-8-28-13)16-18(31-21(22)23-16)24-12(19(25)30-17(15)24)9-11-5-3-7-27-11/h3-10,14H,1-2H3,(H2,22,23)/b12-9+/t14-/m0/s1. The highest BCUT2D eigenvalue weighted by Gasteiger charge is 2.41. The van der Waals surface area contributed by atoms with Crippen LogP contribution in [0.25, 0.3) is 17.5 Å². The molecular weight excluding hydrogens is 406 g/mol. The molecule has 31 heavy (non-hydrogen) atoms. The second kappa shape index (κ2) is 6.94. The molecule has 0 unspecified atom stereocenters. The Kier molecular flexibility index (Phi) is 4.21. The van der Waals surface area contributed by atoms with E-state index in [2.05, 4.69) is 4.98 Å². The topological polar surface area (TPSA) is 140 Å². The van der Waals surface area contributed by atoms with Crippen LogP contribution in [0, 0.1) is 0 Å². The number of carbonyl (C=O) groups excluding carboxylic acids is 1. The normalized spacial score (nSPS) is 15.9. The van der Waals surface area contributed by atoms with E-state index in [0.29, 0.717) is 11.5 Å². The van der Waals surface area contributed by atoms with Crippen LogP contribution in [0.15, 0.2) is 59.3 Å². The molecular formula is C21H17N3O7. The van der Waals surface area contributed by atoms with Crippen molar-refractivity contribution in [2.24, 2.45) is 0 Å². The number of nitrogen functional groups attached to an aromatic ring is 1. The molecule has 4 aromatic rings. The van der Waals surface area contributed by atoms with Crippen LogP contribution in [0.2, 0.25) is 0 Å². The molecule has 5 heterocycles. The van der Waals surface area contributed by atoms with E-state index in [1.807, 2.05) is 0 Å². The van der Waals surface area contributed by atoms with Crippen molar-refractivity contribution < 1.29 is 27.2 Å². The average molecular weight is 423 g/mol. The summed E-state index contributed by atoms with van der Waals surface area (Å²) in [6.07, 6.45) is 3.99. The largest absolute Gasteiger partial charge is 0.468 e. The van der Waals surface area contributed by atoms with E-state index in [-0.39, 0.29) is 34.1 Å². The van der Waals surface area contributed by atoms with Crippen molar-refractivity contribution >= 4 is 23.6 Å². The van der Waals surface area contributed by atoms with Crippen molar-refractivity contribution in [1.29, 1.82) is 0 Å². The Hall–Kier alpha value is -4.21. The molecule has 1 aliphatic heterocycles. The van der Waals surface area contributed by atoms with Gasteiger partial charge in [-0.1, -0.05) is 0 Å². The Morgan fingerprint density at radius 3 is 2.68 bits per heavy atom. The second-order valence-corrected chi connectivity index (χ2v) is 7.13. The van der Waals surface area contributed by atoms with Crippen molar-refractivity contribution in [3.8, 4) is 5.88 Å². The SMILES string of the molecule is CC(C)OC(=O)C1=c2oc(=O)/c(=C\c3ccco3)n2-c2oc(N)nc2[C@H]1c1ccco1. The maximum atomic E-state index is 13.1. The molecule has 0 saturated heterocycles. The van der Waals surface area contributed by atoms with Gasteiger partial charge in [0, 0.05) is 6.08 Å². The lowest BCUT2D eigenvalue weighted by atomic mass is 9.91. The number of esters is 1. The van der Waals surface area contributed by atoms with Crippen LogP contribution < -0.4 is 22.3 Å². The van der Waals surface area contributed by atoms with Gasteiger partial charge in [-0.3, -0.25) is 0 Å². The first-order chi connectivity index (χ1) is 14.9. The molecule has 5 rings (SSSR count). The van der Waals surface area contributed by atoms with Gasteiger partial charge in [-0.05, 0) is 38.1 Å². The summed E-state index contributed by atoms with van der Waals surface area (Å²) >= 11 is 0. The van der Waals surface area contributed by atoms with E-state index < -0.39 is 23.6 Å². The van der Waals surface area contributed by atoms with E-state index >= 15 is 0 Å². The molecule has 1 aliphatic rings. The van der Waals surface area contributed by atoms with E-state index in [1.54, 1.807) is 38.1 Å². The number of rotatable bonds is 4. The Balaban J connectivity index is 1.91. The first-order valence-electron chi connectivity index (χ1n) is 9.46. The zero-order chi connectivity index (χ0) is 21.7. The zero-order valence-electron chi connectivity index (χ0n) is 16.5. The van der Waals surface area contributed by atoms with Gasteiger partial charge in [0.1, 0.15) is 34.1 Å². The smallest absolute Gasteiger partial charge is 0.362 e. The average Bonchev–Trinajstić information content (AvgIpc) is 3.48. The minimum atomic E-state index is -0.848. The second-order valence-electron chi connectivity index (χ2n) is 7.13. The predicted octanol–water partition coefficient (Wildman–Crippen LogP) is 1.26. The summed E-state index contributed by atoms with van der Waals surface area (Å²) in [6, 6.07) is 6.55. The number of furan rings is 2. The number of aromatic nitrogens is 2. The number of carbonyl (C=O) groups is 1. The van der Waals surface area contributed by atoms with Gasteiger partial charge >= 0.3 is 11.6 Å². The van der Waals surface area contributed by atoms with Gasteiger partial charge in [-0.25, -0.2) is 14.2 Å². The number of nitrogens with two attached hydrogens (primary N) is 1. The van der Waals surface area contributed by atoms with E-state index in [9.17, 15) is 9.59 Å². The molecule has 10 nitrogen and oxygen atoms in total. The Morgan fingerprint density at radius 2 is 2.00 bits per heavy atom. The lowest BCUT2D eigenvalue weighted by Gasteiger charge is -2.20. The molecule has 0 fully saturated rings. The molecule has 0 bridgehead atoms. The minimum Gasteiger partial charge on any atom is -0.468 e. The van der Waals surface area contributed by atoms with Crippen LogP contribution >= 0.6 is 0 Å². The first kappa shape index (κ1) is 18.8. The van der Waals surface area contributed by atoms with Crippen LogP contribution in [0.3, 0.4) is 0 Å². The number of hydrogen-bond acceptors (Lipinski definition) is 9. The number of fused-ring (bicyclic) bond motifs is 3. The molecule has 0 saturated carbocycles. The van der Waals surface area contributed by atoms with Gasteiger partial charge in [-0.15, -0.1) is 0 Å². The highest BCUT2D eigenvalue weighted by atomic mass is 16.5. The van der Waals surface area contributed by atoms with Gasteiger partial charge in [0.15, 0.2) is 0 Å². The number of ether oxygens (including phenoxy) is 1. The lowest BCUT2D eigenvalue weighted by Crippen LogP contribution is -2.37. The van der Waals surface area contributed by atoms with Crippen LogP contribution in [-0.4, -0.2) is 21.6 Å². The molecule has 0 amide bonds. The maximum Gasteiger partial charge on any atom is 0.362 e. The van der Waals surface area contributed by atoms with Gasteiger partial charge in [0.2, 0.25) is 11.4 Å². The summed E-state index contributed by atoms with van der Waals surface area (Å²) < 4.78 is 28.8. The van der Waals surface area contributed by atoms with Crippen molar-refractivity contribution in [2.75, 3.05) is 5.73 Å². The number of anilines is 1. The summed E-state index contributed by atoms with van der Waals surface area (Å²) in [5, 5.41) is 0.0649. The summed E-state index contributed by atoms with van der Waals surface area (Å²) in [5.41, 5.74) is 5.41. The molecule has 0 aromatic carbocycles. The fraction of sp³-hybridized carbons (Fsp3) is 0.190. The highest BCUT2D eigenvalue weighted by molar-refractivity contribution is 6.12. The minimum absolute atomic E-state index is 0.0423. The zero-order valence-corrected chi connectivity index (χ0v) is 16.5. The van der Waals surface area contributed by atoms with Gasteiger partial charge < -0.3 is 28.1 Å². The summed E-state index contributed by atoms with van der Waals surface area (Å²) in [7, 11) is 0. The molecule has 0 aliphatic carbocycles. The summed E-state index contributed by atoms with van der Waals surface area (Å²) in [4.78, 5) is 30.2. The van der Waals surface area contributed by atoms with E-state index in [4.69, 9.17) is 28.1 Å². The third-order valence-electron chi connectivity index (χ3n) is 4.70.